The lowest BCUT2D eigenvalue weighted by Gasteiger charge is -2.21. The van der Waals surface area contributed by atoms with E-state index in [0.29, 0.717) is 12.0 Å². The Morgan fingerprint density at radius 2 is 1.86 bits per heavy atom. The number of nitrogens with one attached hydrogen (secondary N) is 1. The minimum Gasteiger partial charge on any atom is -0.310 e. The third kappa shape index (κ3) is 4.11. The number of hydrogen-bond donors (Lipinski definition) is 1. The summed E-state index contributed by atoms with van der Waals surface area (Å²) in [6, 6.07) is 11.7. The fraction of sp³-hybridized carbons (Fsp3) is 0.333. The second kappa shape index (κ2) is 7.32. The van der Waals surface area contributed by atoms with Crippen LogP contribution >= 0.6 is 0 Å². The van der Waals surface area contributed by atoms with Crippen molar-refractivity contribution in [2.75, 3.05) is 6.54 Å². The largest absolute Gasteiger partial charge is 0.310 e. The van der Waals surface area contributed by atoms with Gasteiger partial charge in [0.15, 0.2) is 0 Å². The predicted octanol–water partition coefficient (Wildman–Crippen LogP) is 4.56. The number of benzene rings is 2. The molecule has 0 saturated heterocycles. The molecule has 2 aromatic carbocycles. The van der Waals surface area contributed by atoms with Crippen molar-refractivity contribution in [2.45, 2.75) is 32.7 Å². The van der Waals surface area contributed by atoms with Crippen LogP contribution in [-0.4, -0.2) is 6.54 Å². The van der Waals surface area contributed by atoms with Gasteiger partial charge in [-0.1, -0.05) is 31.2 Å². The maximum absolute atomic E-state index is 13.9. The first kappa shape index (κ1) is 15.6. The van der Waals surface area contributed by atoms with Crippen LogP contribution in [0, 0.1) is 18.6 Å². The third-order valence-electron chi connectivity index (χ3n) is 3.64. The van der Waals surface area contributed by atoms with Gasteiger partial charge in [0.25, 0.3) is 0 Å². The van der Waals surface area contributed by atoms with E-state index < -0.39 is 5.82 Å². The third-order valence-corrected chi connectivity index (χ3v) is 3.64. The number of halogens is 2. The topological polar surface area (TPSA) is 12.0 Å². The van der Waals surface area contributed by atoms with Crippen LogP contribution in [0.1, 0.15) is 36.1 Å². The molecule has 0 heterocycles. The second-order valence-corrected chi connectivity index (χ2v) is 5.30. The van der Waals surface area contributed by atoms with Gasteiger partial charge in [0, 0.05) is 6.04 Å². The standard InChI is InChI=1S/C18H21F2N/c1-3-10-21-18(16-7-5-4-6-13(16)2)12-14-11-15(19)8-9-17(14)20/h4-9,11,18,21H,3,10,12H2,1-2H3. The Kier molecular flexibility index (Phi) is 5.45. The molecular weight excluding hydrogens is 268 g/mol. The van der Waals surface area contributed by atoms with Gasteiger partial charge in [-0.3, -0.25) is 0 Å². The average molecular weight is 289 g/mol. The molecule has 2 aromatic rings. The summed E-state index contributed by atoms with van der Waals surface area (Å²) in [6.45, 7) is 4.97. The van der Waals surface area contributed by atoms with Crippen LogP contribution in [0.2, 0.25) is 0 Å². The Labute approximate surface area is 125 Å². The van der Waals surface area contributed by atoms with Crippen LogP contribution in [0.4, 0.5) is 8.78 Å². The molecule has 21 heavy (non-hydrogen) atoms. The van der Waals surface area contributed by atoms with Gasteiger partial charge in [-0.25, -0.2) is 8.78 Å². The molecule has 1 N–H and O–H groups in total. The highest BCUT2D eigenvalue weighted by Crippen LogP contribution is 2.23. The monoisotopic (exact) mass is 289 g/mol. The summed E-state index contributed by atoms with van der Waals surface area (Å²) in [5.74, 6) is -0.751. The van der Waals surface area contributed by atoms with Gasteiger partial charge in [-0.2, -0.15) is 0 Å². The van der Waals surface area contributed by atoms with E-state index >= 15 is 0 Å². The van der Waals surface area contributed by atoms with E-state index in [2.05, 4.69) is 12.2 Å². The van der Waals surface area contributed by atoms with E-state index in [1.807, 2.05) is 31.2 Å². The van der Waals surface area contributed by atoms with E-state index in [1.54, 1.807) is 0 Å². The summed E-state index contributed by atoms with van der Waals surface area (Å²) < 4.78 is 27.2. The van der Waals surface area contributed by atoms with Crippen molar-refractivity contribution in [2.24, 2.45) is 0 Å². The molecule has 3 heteroatoms. The second-order valence-electron chi connectivity index (χ2n) is 5.30. The number of aryl methyl sites for hydroxylation is 1. The van der Waals surface area contributed by atoms with Crippen molar-refractivity contribution < 1.29 is 8.78 Å². The summed E-state index contributed by atoms with van der Waals surface area (Å²) in [6.07, 6.45) is 1.43. The Balaban J connectivity index is 2.28. The van der Waals surface area contributed by atoms with Crippen LogP contribution in [-0.2, 0) is 6.42 Å². The fourth-order valence-electron chi connectivity index (χ4n) is 2.51. The van der Waals surface area contributed by atoms with Gasteiger partial charge >= 0.3 is 0 Å². The minimum absolute atomic E-state index is 0.0116. The Bertz CT molecular complexity index is 596. The van der Waals surface area contributed by atoms with Gasteiger partial charge in [-0.05, 0) is 61.2 Å². The van der Waals surface area contributed by atoms with Crippen molar-refractivity contribution >= 4 is 0 Å². The number of rotatable bonds is 6. The molecule has 0 radical (unpaired) electrons. The molecule has 0 bridgehead atoms. The summed E-state index contributed by atoms with van der Waals surface area (Å²) in [4.78, 5) is 0. The molecule has 0 amide bonds. The molecule has 0 spiro atoms. The first-order valence-electron chi connectivity index (χ1n) is 7.34. The van der Waals surface area contributed by atoms with Crippen molar-refractivity contribution in [3.05, 3.63) is 70.8 Å². The Morgan fingerprint density at radius 3 is 2.57 bits per heavy atom. The molecule has 2 rings (SSSR count). The van der Waals surface area contributed by atoms with Crippen LogP contribution in [0.15, 0.2) is 42.5 Å². The van der Waals surface area contributed by atoms with E-state index in [-0.39, 0.29) is 11.9 Å². The van der Waals surface area contributed by atoms with Gasteiger partial charge in [0.1, 0.15) is 11.6 Å². The van der Waals surface area contributed by atoms with Crippen molar-refractivity contribution in [3.63, 3.8) is 0 Å². The molecule has 0 fully saturated rings. The highest BCUT2D eigenvalue weighted by molar-refractivity contribution is 5.31. The fourth-order valence-corrected chi connectivity index (χ4v) is 2.51. The average Bonchev–Trinajstić information content (AvgIpc) is 2.48. The molecule has 112 valence electrons. The highest BCUT2D eigenvalue weighted by Gasteiger charge is 2.16. The smallest absolute Gasteiger partial charge is 0.126 e. The molecule has 0 saturated carbocycles. The van der Waals surface area contributed by atoms with Gasteiger partial charge in [-0.15, -0.1) is 0 Å². The van der Waals surface area contributed by atoms with Gasteiger partial charge in [0.05, 0.1) is 0 Å². The zero-order valence-corrected chi connectivity index (χ0v) is 12.5. The van der Waals surface area contributed by atoms with E-state index in [1.165, 1.54) is 12.1 Å². The van der Waals surface area contributed by atoms with Crippen molar-refractivity contribution in [3.8, 4) is 0 Å². The van der Waals surface area contributed by atoms with Gasteiger partial charge < -0.3 is 5.32 Å². The lowest BCUT2D eigenvalue weighted by molar-refractivity contribution is 0.507. The first-order valence-corrected chi connectivity index (χ1v) is 7.34. The zero-order chi connectivity index (χ0) is 15.2. The Morgan fingerprint density at radius 1 is 1.10 bits per heavy atom. The summed E-state index contributed by atoms with van der Waals surface area (Å²) in [5, 5.41) is 3.43. The predicted molar refractivity (Wildman–Crippen MR) is 82.3 cm³/mol. The molecule has 1 nitrogen and oxygen atoms in total. The molecule has 1 unspecified atom stereocenters. The number of hydrogen-bond acceptors (Lipinski definition) is 1. The molecule has 0 aliphatic carbocycles. The molecule has 0 aromatic heterocycles. The van der Waals surface area contributed by atoms with E-state index in [9.17, 15) is 8.78 Å². The minimum atomic E-state index is -0.398. The van der Waals surface area contributed by atoms with E-state index in [4.69, 9.17) is 0 Å². The van der Waals surface area contributed by atoms with Crippen LogP contribution in [0.3, 0.4) is 0 Å². The SMILES string of the molecule is CCCNC(Cc1cc(F)ccc1F)c1ccccc1C. The molecule has 0 aliphatic rings. The lowest BCUT2D eigenvalue weighted by atomic mass is 9.95. The quantitative estimate of drug-likeness (QED) is 0.822. The van der Waals surface area contributed by atoms with Crippen molar-refractivity contribution in [1.29, 1.82) is 0 Å². The van der Waals surface area contributed by atoms with Crippen LogP contribution in [0.5, 0.6) is 0 Å². The maximum atomic E-state index is 13.9. The van der Waals surface area contributed by atoms with Crippen LogP contribution in [0.25, 0.3) is 0 Å². The van der Waals surface area contributed by atoms with Crippen LogP contribution < -0.4 is 5.32 Å². The lowest BCUT2D eigenvalue weighted by Crippen LogP contribution is -2.25. The molecular formula is C18H21F2N. The zero-order valence-electron chi connectivity index (χ0n) is 12.5. The highest BCUT2D eigenvalue weighted by atomic mass is 19.1. The summed E-state index contributed by atoms with van der Waals surface area (Å²) >= 11 is 0. The van der Waals surface area contributed by atoms with Gasteiger partial charge in [0.2, 0.25) is 0 Å². The molecule has 1 atom stereocenters. The normalized spacial score (nSPS) is 12.4. The molecule has 0 aliphatic heterocycles. The van der Waals surface area contributed by atoms with Crippen molar-refractivity contribution in [1.82, 2.24) is 5.32 Å². The first-order chi connectivity index (χ1) is 10.1. The summed E-state index contributed by atoms with van der Waals surface area (Å²) in [5.41, 5.74) is 2.70. The maximum Gasteiger partial charge on any atom is 0.126 e. The summed E-state index contributed by atoms with van der Waals surface area (Å²) in [7, 11) is 0. The van der Waals surface area contributed by atoms with E-state index in [0.717, 1.165) is 30.2 Å². The Hall–Kier alpha value is -1.74.